The van der Waals surface area contributed by atoms with Gasteiger partial charge in [0.15, 0.2) is 0 Å². The average molecular weight is 457 g/mol. The number of nitrogens with zero attached hydrogens (tertiary/aromatic N) is 4. The first-order valence-corrected chi connectivity index (χ1v) is 11.6. The summed E-state index contributed by atoms with van der Waals surface area (Å²) < 4.78 is 21.1. The number of aromatic nitrogens is 2. The molecule has 0 amide bonds. The number of imidazole rings is 1. The summed E-state index contributed by atoms with van der Waals surface area (Å²) in [5.74, 6) is 1.49. The first kappa shape index (κ1) is 22.2. The molecule has 6 heteroatoms. The van der Waals surface area contributed by atoms with Crippen LogP contribution in [0.1, 0.15) is 11.3 Å². The Bertz CT molecular complexity index is 1240. The van der Waals surface area contributed by atoms with Gasteiger partial charge >= 0.3 is 0 Å². The van der Waals surface area contributed by atoms with Crippen LogP contribution in [-0.2, 0) is 6.54 Å². The molecule has 1 fully saturated rings. The van der Waals surface area contributed by atoms with Crippen LogP contribution in [0, 0.1) is 12.7 Å². The van der Waals surface area contributed by atoms with E-state index < -0.39 is 0 Å². The van der Waals surface area contributed by atoms with Crippen molar-refractivity contribution in [2.75, 3.05) is 38.2 Å². The summed E-state index contributed by atoms with van der Waals surface area (Å²) in [6.07, 6.45) is 2.14. The van der Waals surface area contributed by atoms with Crippen molar-refractivity contribution < 1.29 is 9.13 Å². The lowest BCUT2D eigenvalue weighted by Crippen LogP contribution is -2.46. The van der Waals surface area contributed by atoms with E-state index in [4.69, 9.17) is 9.72 Å². The second-order valence-corrected chi connectivity index (χ2v) is 8.70. The van der Waals surface area contributed by atoms with Gasteiger partial charge in [0, 0.05) is 50.3 Å². The Kier molecular flexibility index (Phi) is 6.32. The summed E-state index contributed by atoms with van der Waals surface area (Å²) in [6, 6.07) is 23.3. The van der Waals surface area contributed by atoms with E-state index in [0.717, 1.165) is 66.9 Å². The number of anilines is 1. The largest absolute Gasteiger partial charge is 0.496 e. The van der Waals surface area contributed by atoms with Crippen LogP contribution in [-0.4, -0.2) is 47.7 Å². The molecule has 1 aliphatic rings. The molecule has 5 nitrogen and oxygen atoms in total. The summed E-state index contributed by atoms with van der Waals surface area (Å²) in [5, 5.41) is 0. The Morgan fingerprint density at radius 3 is 2.24 bits per heavy atom. The molecule has 5 rings (SSSR count). The van der Waals surface area contributed by atoms with E-state index in [0.29, 0.717) is 0 Å². The minimum absolute atomic E-state index is 0.197. The standard InChI is InChI=1S/C28H29FN4O/c1-21-7-11-25(12-8-21)33-20-23(30-28(33)26-5-3-4-6-27(26)34-2)19-31-15-17-32(18-16-31)24-13-9-22(29)10-14-24/h3-14,20H,15-19H2,1-2H3. The quantitative estimate of drug-likeness (QED) is 0.393. The number of ether oxygens (including phenoxy) is 1. The van der Waals surface area contributed by atoms with Gasteiger partial charge in [0.2, 0.25) is 0 Å². The van der Waals surface area contributed by atoms with E-state index in [1.165, 1.54) is 17.7 Å². The van der Waals surface area contributed by atoms with Gasteiger partial charge < -0.3 is 9.64 Å². The van der Waals surface area contributed by atoms with Gasteiger partial charge in [-0.2, -0.15) is 0 Å². The maximum Gasteiger partial charge on any atom is 0.148 e. The molecule has 174 valence electrons. The van der Waals surface area contributed by atoms with Crippen molar-refractivity contribution in [2.45, 2.75) is 13.5 Å². The molecule has 0 aliphatic carbocycles. The molecule has 0 unspecified atom stereocenters. The summed E-state index contributed by atoms with van der Waals surface area (Å²) >= 11 is 0. The van der Waals surface area contributed by atoms with Crippen LogP contribution in [0.4, 0.5) is 10.1 Å². The predicted molar refractivity (Wildman–Crippen MR) is 134 cm³/mol. The Labute approximate surface area is 200 Å². The molecule has 4 aromatic rings. The van der Waals surface area contributed by atoms with Crippen LogP contribution in [0.15, 0.2) is 79.0 Å². The molecule has 1 aliphatic heterocycles. The maximum atomic E-state index is 13.3. The van der Waals surface area contributed by atoms with Gasteiger partial charge in [-0.05, 0) is 55.5 Å². The first-order valence-electron chi connectivity index (χ1n) is 11.6. The van der Waals surface area contributed by atoms with E-state index in [1.807, 2.05) is 30.3 Å². The van der Waals surface area contributed by atoms with Crippen LogP contribution >= 0.6 is 0 Å². The highest BCUT2D eigenvalue weighted by Gasteiger charge is 2.21. The second-order valence-electron chi connectivity index (χ2n) is 8.70. The highest BCUT2D eigenvalue weighted by atomic mass is 19.1. The fourth-order valence-electron chi connectivity index (χ4n) is 4.47. The lowest BCUT2D eigenvalue weighted by molar-refractivity contribution is 0.247. The van der Waals surface area contributed by atoms with Gasteiger partial charge in [-0.3, -0.25) is 9.47 Å². The summed E-state index contributed by atoms with van der Waals surface area (Å²) in [5.41, 5.74) is 5.37. The number of methoxy groups -OCH3 is 1. The van der Waals surface area contributed by atoms with Gasteiger partial charge in [0.1, 0.15) is 17.4 Å². The topological polar surface area (TPSA) is 33.5 Å². The average Bonchev–Trinajstić information content (AvgIpc) is 3.29. The van der Waals surface area contributed by atoms with Crippen molar-refractivity contribution in [3.05, 3.63) is 96.1 Å². The molecular formula is C28H29FN4O. The SMILES string of the molecule is COc1ccccc1-c1nc(CN2CCN(c3ccc(F)cc3)CC2)cn1-c1ccc(C)cc1. The van der Waals surface area contributed by atoms with Gasteiger partial charge in [0.25, 0.3) is 0 Å². The number of benzene rings is 3. The third-order valence-electron chi connectivity index (χ3n) is 6.37. The molecule has 34 heavy (non-hydrogen) atoms. The van der Waals surface area contributed by atoms with Crippen LogP contribution < -0.4 is 9.64 Å². The normalized spacial score (nSPS) is 14.4. The fourth-order valence-corrected chi connectivity index (χ4v) is 4.47. The zero-order chi connectivity index (χ0) is 23.5. The van der Waals surface area contributed by atoms with E-state index in [-0.39, 0.29) is 5.82 Å². The summed E-state index contributed by atoms with van der Waals surface area (Å²) in [6.45, 7) is 6.54. The second kappa shape index (κ2) is 9.69. The van der Waals surface area contributed by atoms with Crippen molar-refractivity contribution >= 4 is 5.69 Å². The third-order valence-corrected chi connectivity index (χ3v) is 6.37. The van der Waals surface area contributed by atoms with Gasteiger partial charge in [-0.1, -0.05) is 29.8 Å². The summed E-state index contributed by atoms with van der Waals surface area (Å²) in [4.78, 5) is 9.79. The Balaban J connectivity index is 1.38. The Morgan fingerprint density at radius 2 is 1.53 bits per heavy atom. The van der Waals surface area contributed by atoms with E-state index >= 15 is 0 Å². The number of hydrogen-bond acceptors (Lipinski definition) is 4. The highest BCUT2D eigenvalue weighted by molar-refractivity contribution is 5.67. The fraction of sp³-hybridized carbons (Fsp3) is 0.250. The Hall–Kier alpha value is -3.64. The number of piperazine rings is 1. The van der Waals surface area contributed by atoms with E-state index in [1.54, 1.807) is 7.11 Å². The maximum absolute atomic E-state index is 13.3. The predicted octanol–water partition coefficient (Wildman–Crippen LogP) is 5.32. The van der Waals surface area contributed by atoms with Gasteiger partial charge in [-0.15, -0.1) is 0 Å². The zero-order valence-electron chi connectivity index (χ0n) is 19.6. The molecule has 1 saturated heterocycles. The van der Waals surface area contributed by atoms with Crippen LogP contribution in [0.5, 0.6) is 5.75 Å². The minimum Gasteiger partial charge on any atom is -0.496 e. The van der Waals surface area contributed by atoms with Gasteiger partial charge in [-0.25, -0.2) is 9.37 Å². The molecule has 2 heterocycles. The molecule has 0 N–H and O–H groups in total. The van der Waals surface area contributed by atoms with Crippen molar-refractivity contribution in [3.63, 3.8) is 0 Å². The number of rotatable bonds is 6. The van der Waals surface area contributed by atoms with Crippen LogP contribution in [0.3, 0.4) is 0 Å². The van der Waals surface area contributed by atoms with Crippen molar-refractivity contribution in [2.24, 2.45) is 0 Å². The highest BCUT2D eigenvalue weighted by Crippen LogP contribution is 2.31. The van der Waals surface area contributed by atoms with Gasteiger partial charge in [0.05, 0.1) is 18.4 Å². The smallest absolute Gasteiger partial charge is 0.148 e. The monoisotopic (exact) mass is 456 g/mol. The molecule has 3 aromatic carbocycles. The lowest BCUT2D eigenvalue weighted by atomic mass is 10.1. The molecule has 0 saturated carbocycles. The molecular weight excluding hydrogens is 427 g/mol. The first-order chi connectivity index (χ1) is 16.6. The molecule has 0 radical (unpaired) electrons. The molecule has 0 atom stereocenters. The van der Waals surface area contributed by atoms with E-state index in [9.17, 15) is 4.39 Å². The number of hydrogen-bond donors (Lipinski definition) is 0. The number of para-hydroxylation sites is 1. The van der Waals surface area contributed by atoms with Crippen LogP contribution in [0.25, 0.3) is 17.1 Å². The number of aryl methyl sites for hydroxylation is 1. The Morgan fingerprint density at radius 1 is 0.853 bits per heavy atom. The van der Waals surface area contributed by atoms with E-state index in [2.05, 4.69) is 57.8 Å². The van der Waals surface area contributed by atoms with Crippen molar-refractivity contribution in [1.82, 2.24) is 14.5 Å². The summed E-state index contributed by atoms with van der Waals surface area (Å²) in [7, 11) is 1.69. The molecule has 0 bridgehead atoms. The van der Waals surface area contributed by atoms with Crippen molar-refractivity contribution in [3.8, 4) is 22.8 Å². The number of halogens is 1. The molecule has 1 aromatic heterocycles. The zero-order valence-corrected chi connectivity index (χ0v) is 19.6. The van der Waals surface area contributed by atoms with Crippen LogP contribution in [0.2, 0.25) is 0 Å². The van der Waals surface area contributed by atoms with Crippen molar-refractivity contribution in [1.29, 1.82) is 0 Å². The lowest BCUT2D eigenvalue weighted by Gasteiger charge is -2.35. The third kappa shape index (κ3) is 4.68. The minimum atomic E-state index is -0.197. The molecule has 0 spiro atoms.